The molecule has 3 rings (SSSR count). The van der Waals surface area contributed by atoms with Crippen molar-refractivity contribution in [3.8, 4) is 0 Å². The van der Waals surface area contributed by atoms with Gasteiger partial charge in [0.15, 0.2) is 5.96 Å². The Bertz CT molecular complexity index is 584. The number of nitrogens with one attached hydrogen (secondary N) is 1. The van der Waals surface area contributed by atoms with Crippen LogP contribution in [0.4, 0.5) is 4.39 Å². The van der Waals surface area contributed by atoms with Crippen LogP contribution in [-0.4, -0.2) is 42.1 Å². The highest BCUT2D eigenvalue weighted by Gasteiger charge is 2.41. The van der Waals surface area contributed by atoms with Crippen molar-refractivity contribution < 1.29 is 9.50 Å². The van der Waals surface area contributed by atoms with Crippen LogP contribution in [0.25, 0.3) is 0 Å². The Hall–Kier alpha value is -1.62. The van der Waals surface area contributed by atoms with Crippen molar-refractivity contribution in [2.75, 3.05) is 26.2 Å². The lowest BCUT2D eigenvalue weighted by Gasteiger charge is -2.26. The highest BCUT2D eigenvalue weighted by Crippen LogP contribution is 2.45. The lowest BCUT2D eigenvalue weighted by Crippen LogP contribution is -2.41. The van der Waals surface area contributed by atoms with Gasteiger partial charge in [0.25, 0.3) is 0 Å². The molecule has 2 aliphatic rings. The molecule has 1 unspecified atom stereocenters. The van der Waals surface area contributed by atoms with Crippen molar-refractivity contribution >= 4 is 5.96 Å². The molecular formula is C19H28FN3O. The van der Waals surface area contributed by atoms with Crippen molar-refractivity contribution in [1.29, 1.82) is 0 Å². The summed E-state index contributed by atoms with van der Waals surface area (Å²) >= 11 is 0. The quantitative estimate of drug-likeness (QED) is 0.657. The molecule has 24 heavy (non-hydrogen) atoms. The third-order valence-corrected chi connectivity index (χ3v) is 5.42. The lowest BCUT2D eigenvalue weighted by molar-refractivity contribution is 0.181. The second-order valence-electron chi connectivity index (χ2n) is 7.11. The van der Waals surface area contributed by atoms with Crippen molar-refractivity contribution in [2.45, 2.75) is 45.1 Å². The van der Waals surface area contributed by atoms with Crippen LogP contribution in [0.2, 0.25) is 0 Å². The van der Waals surface area contributed by atoms with Crippen LogP contribution in [0.15, 0.2) is 29.3 Å². The Labute approximate surface area is 143 Å². The maximum atomic E-state index is 13.8. The molecule has 1 atom stereocenters. The van der Waals surface area contributed by atoms with Crippen LogP contribution >= 0.6 is 0 Å². The molecule has 2 N–H and O–H groups in total. The lowest BCUT2D eigenvalue weighted by atomic mass is 9.86. The van der Waals surface area contributed by atoms with Gasteiger partial charge in [-0.05, 0) is 37.7 Å². The van der Waals surface area contributed by atoms with Gasteiger partial charge >= 0.3 is 0 Å². The second kappa shape index (κ2) is 7.51. The highest BCUT2D eigenvalue weighted by atomic mass is 19.1. The number of aliphatic imine (C=N–C) groups is 1. The number of likely N-dealkylation sites (tertiary alicyclic amines) is 1. The number of nitrogens with zero attached hydrogens (tertiary/aromatic N) is 2. The molecule has 0 bridgehead atoms. The van der Waals surface area contributed by atoms with Crippen LogP contribution in [0.1, 0.15) is 50.7 Å². The van der Waals surface area contributed by atoms with E-state index in [2.05, 4.69) is 15.2 Å². The topological polar surface area (TPSA) is 47.9 Å². The van der Waals surface area contributed by atoms with E-state index in [1.807, 2.05) is 6.92 Å². The molecule has 5 heteroatoms. The SMILES string of the molecule is CCNC(=NCC(O)c1ccccc1F)N1CCC2(CCCC2)C1. The fraction of sp³-hybridized carbons (Fsp3) is 0.632. The zero-order chi connectivity index (χ0) is 17.0. The Morgan fingerprint density at radius 2 is 2.08 bits per heavy atom. The van der Waals surface area contributed by atoms with Gasteiger partial charge in [0, 0.05) is 25.2 Å². The van der Waals surface area contributed by atoms with E-state index in [1.54, 1.807) is 18.2 Å². The molecule has 1 aromatic carbocycles. The summed E-state index contributed by atoms with van der Waals surface area (Å²) in [5.41, 5.74) is 0.783. The summed E-state index contributed by atoms with van der Waals surface area (Å²) in [6.45, 7) is 5.07. The van der Waals surface area contributed by atoms with Gasteiger partial charge in [-0.15, -0.1) is 0 Å². The molecule has 1 aliphatic heterocycles. The predicted octanol–water partition coefficient (Wildman–Crippen LogP) is 3.09. The Morgan fingerprint density at radius 1 is 1.33 bits per heavy atom. The molecule has 1 spiro atoms. The van der Waals surface area contributed by atoms with E-state index in [0.717, 1.165) is 25.6 Å². The first-order valence-electron chi connectivity index (χ1n) is 9.09. The first-order chi connectivity index (χ1) is 11.6. The summed E-state index contributed by atoms with van der Waals surface area (Å²) in [5.74, 6) is 0.466. The van der Waals surface area contributed by atoms with Gasteiger partial charge in [-0.25, -0.2) is 4.39 Å². The Balaban J connectivity index is 1.67. The van der Waals surface area contributed by atoms with E-state index >= 15 is 0 Å². The average Bonchev–Trinajstić information content (AvgIpc) is 3.22. The van der Waals surface area contributed by atoms with E-state index < -0.39 is 6.10 Å². The van der Waals surface area contributed by atoms with Gasteiger partial charge < -0.3 is 15.3 Å². The fourth-order valence-corrected chi connectivity index (χ4v) is 4.09. The first kappa shape index (κ1) is 17.2. The van der Waals surface area contributed by atoms with Gasteiger partial charge in [0.2, 0.25) is 0 Å². The molecule has 1 heterocycles. The zero-order valence-electron chi connectivity index (χ0n) is 14.5. The summed E-state index contributed by atoms with van der Waals surface area (Å²) in [6.07, 6.45) is 5.64. The van der Waals surface area contributed by atoms with Gasteiger partial charge in [-0.2, -0.15) is 0 Å². The minimum atomic E-state index is -0.914. The molecule has 1 aliphatic carbocycles. The number of guanidine groups is 1. The summed E-state index contributed by atoms with van der Waals surface area (Å²) in [4.78, 5) is 6.89. The largest absolute Gasteiger partial charge is 0.386 e. The van der Waals surface area contributed by atoms with Crippen molar-refractivity contribution in [3.05, 3.63) is 35.6 Å². The van der Waals surface area contributed by atoms with Crippen LogP contribution in [0.3, 0.4) is 0 Å². The minimum absolute atomic E-state index is 0.173. The maximum absolute atomic E-state index is 13.8. The number of hydrogen-bond acceptors (Lipinski definition) is 2. The van der Waals surface area contributed by atoms with Gasteiger partial charge in [0.05, 0.1) is 6.54 Å². The molecule has 0 radical (unpaired) electrons. The molecule has 0 amide bonds. The third kappa shape index (κ3) is 3.72. The van der Waals surface area contributed by atoms with E-state index in [4.69, 9.17) is 0 Å². The number of aliphatic hydroxyl groups excluding tert-OH is 1. The van der Waals surface area contributed by atoms with Crippen molar-refractivity contribution in [3.63, 3.8) is 0 Å². The maximum Gasteiger partial charge on any atom is 0.194 e. The van der Waals surface area contributed by atoms with Gasteiger partial charge in [-0.1, -0.05) is 31.0 Å². The van der Waals surface area contributed by atoms with Crippen LogP contribution in [-0.2, 0) is 0 Å². The molecule has 2 fully saturated rings. The Kier molecular flexibility index (Phi) is 5.39. The number of halogens is 1. The summed E-state index contributed by atoms with van der Waals surface area (Å²) < 4.78 is 13.8. The van der Waals surface area contributed by atoms with Gasteiger partial charge in [-0.3, -0.25) is 4.99 Å². The van der Waals surface area contributed by atoms with E-state index in [0.29, 0.717) is 11.0 Å². The molecule has 1 aromatic rings. The fourth-order valence-electron chi connectivity index (χ4n) is 4.09. The molecule has 1 saturated heterocycles. The monoisotopic (exact) mass is 333 g/mol. The molecule has 4 nitrogen and oxygen atoms in total. The normalized spacial score (nSPS) is 21.5. The smallest absolute Gasteiger partial charge is 0.194 e. The minimum Gasteiger partial charge on any atom is -0.386 e. The molecule has 0 aromatic heterocycles. The summed E-state index contributed by atoms with van der Waals surface area (Å²) in [6, 6.07) is 6.36. The predicted molar refractivity (Wildman–Crippen MR) is 94.4 cm³/mol. The standard InChI is InChI=1S/C19H28FN3O/c1-2-21-18(23-12-11-19(14-23)9-5-6-10-19)22-13-17(24)15-7-3-4-8-16(15)20/h3-4,7-8,17,24H,2,5-6,9-14H2,1H3,(H,21,22). The van der Waals surface area contributed by atoms with E-state index in [1.165, 1.54) is 38.2 Å². The van der Waals surface area contributed by atoms with E-state index in [-0.39, 0.29) is 12.4 Å². The van der Waals surface area contributed by atoms with Crippen LogP contribution in [0, 0.1) is 11.2 Å². The number of rotatable bonds is 4. The third-order valence-electron chi connectivity index (χ3n) is 5.42. The van der Waals surface area contributed by atoms with Gasteiger partial charge in [0.1, 0.15) is 11.9 Å². The number of hydrogen-bond donors (Lipinski definition) is 2. The Morgan fingerprint density at radius 3 is 2.79 bits per heavy atom. The molecular weight excluding hydrogens is 305 g/mol. The van der Waals surface area contributed by atoms with Crippen molar-refractivity contribution in [1.82, 2.24) is 10.2 Å². The molecule has 132 valence electrons. The second-order valence-corrected chi connectivity index (χ2v) is 7.11. The average molecular weight is 333 g/mol. The summed E-state index contributed by atoms with van der Waals surface area (Å²) in [7, 11) is 0. The van der Waals surface area contributed by atoms with Crippen molar-refractivity contribution in [2.24, 2.45) is 10.4 Å². The van der Waals surface area contributed by atoms with E-state index in [9.17, 15) is 9.50 Å². The van der Waals surface area contributed by atoms with Crippen LogP contribution < -0.4 is 5.32 Å². The zero-order valence-corrected chi connectivity index (χ0v) is 14.5. The summed E-state index contributed by atoms with van der Waals surface area (Å²) in [5, 5.41) is 13.6. The molecule has 1 saturated carbocycles. The van der Waals surface area contributed by atoms with Crippen LogP contribution in [0.5, 0.6) is 0 Å². The number of aliphatic hydroxyl groups is 1. The highest BCUT2D eigenvalue weighted by molar-refractivity contribution is 5.80. The number of benzene rings is 1. The first-order valence-corrected chi connectivity index (χ1v) is 9.09.